The van der Waals surface area contributed by atoms with E-state index in [9.17, 15) is 0 Å². The van der Waals surface area contributed by atoms with Gasteiger partial charge in [-0.2, -0.15) is 0 Å². The van der Waals surface area contributed by atoms with Crippen LogP contribution in [-0.2, 0) is 13.0 Å². The summed E-state index contributed by atoms with van der Waals surface area (Å²) in [6.45, 7) is 4.30. The average molecular weight is 267 g/mol. The topological polar surface area (TPSA) is 28.2 Å². The summed E-state index contributed by atoms with van der Waals surface area (Å²) >= 11 is 0. The minimum Gasteiger partial charge on any atom is -0.371 e. The van der Waals surface area contributed by atoms with Gasteiger partial charge >= 0.3 is 0 Å². The van der Waals surface area contributed by atoms with Crippen LogP contribution in [0.2, 0.25) is 0 Å². The molecule has 20 heavy (non-hydrogen) atoms. The molecular formula is C17H21N3. The number of rotatable bonds is 6. The lowest BCUT2D eigenvalue weighted by Crippen LogP contribution is -2.25. The third-order valence-electron chi connectivity index (χ3n) is 3.84. The predicted octanol–water partition coefficient (Wildman–Crippen LogP) is 2.62. The van der Waals surface area contributed by atoms with Crippen molar-refractivity contribution >= 4 is 5.69 Å². The van der Waals surface area contributed by atoms with Gasteiger partial charge in [-0.3, -0.25) is 4.98 Å². The quantitative estimate of drug-likeness (QED) is 0.816. The molecule has 1 aliphatic heterocycles. The summed E-state index contributed by atoms with van der Waals surface area (Å²) in [6, 6.07) is 12.9. The zero-order chi connectivity index (χ0) is 13.6. The number of nitrogens with zero attached hydrogens (tertiary/aromatic N) is 2. The first-order chi connectivity index (χ1) is 9.93. The Kier molecular flexibility index (Phi) is 4.28. The molecule has 0 saturated heterocycles. The molecule has 3 heteroatoms. The largest absolute Gasteiger partial charge is 0.371 e. The highest BCUT2D eigenvalue weighted by Gasteiger charge is 2.16. The second-order valence-electron chi connectivity index (χ2n) is 5.25. The first-order valence-corrected chi connectivity index (χ1v) is 7.36. The Bertz CT molecular complexity index is 539. The first kappa shape index (κ1) is 13.1. The Morgan fingerprint density at radius 1 is 1.10 bits per heavy atom. The fraction of sp³-hybridized carbons (Fsp3) is 0.353. The first-order valence-electron chi connectivity index (χ1n) is 7.36. The van der Waals surface area contributed by atoms with Crippen molar-refractivity contribution in [2.24, 2.45) is 0 Å². The van der Waals surface area contributed by atoms with Crippen molar-refractivity contribution in [3.8, 4) is 0 Å². The number of hydrogen-bond donors (Lipinski definition) is 1. The van der Waals surface area contributed by atoms with Crippen molar-refractivity contribution < 1.29 is 0 Å². The van der Waals surface area contributed by atoms with Crippen LogP contribution in [0, 0.1) is 0 Å². The van der Waals surface area contributed by atoms with Crippen molar-refractivity contribution in [3.63, 3.8) is 0 Å². The number of hydrogen-bond acceptors (Lipinski definition) is 3. The van der Waals surface area contributed by atoms with E-state index in [1.165, 1.54) is 36.2 Å². The van der Waals surface area contributed by atoms with Crippen molar-refractivity contribution in [2.75, 3.05) is 24.5 Å². The lowest BCUT2D eigenvalue weighted by atomic mass is 10.2. The zero-order valence-electron chi connectivity index (χ0n) is 11.8. The third-order valence-corrected chi connectivity index (χ3v) is 3.84. The number of anilines is 1. The van der Waals surface area contributed by atoms with Gasteiger partial charge in [0, 0.05) is 37.7 Å². The third kappa shape index (κ3) is 3.17. The smallest absolute Gasteiger partial charge is 0.0399 e. The number of para-hydroxylation sites is 1. The van der Waals surface area contributed by atoms with Crippen LogP contribution in [0.1, 0.15) is 17.5 Å². The normalized spacial score (nSPS) is 13.5. The molecule has 0 atom stereocenters. The molecular weight excluding hydrogens is 246 g/mol. The second-order valence-corrected chi connectivity index (χ2v) is 5.25. The van der Waals surface area contributed by atoms with Gasteiger partial charge in [0.25, 0.3) is 0 Å². The van der Waals surface area contributed by atoms with E-state index in [1.807, 2.05) is 12.4 Å². The Morgan fingerprint density at radius 2 is 1.95 bits per heavy atom. The van der Waals surface area contributed by atoms with Crippen molar-refractivity contribution in [1.82, 2.24) is 10.3 Å². The molecule has 1 aromatic carbocycles. The van der Waals surface area contributed by atoms with Crippen LogP contribution in [0.15, 0.2) is 48.8 Å². The molecule has 3 nitrogen and oxygen atoms in total. The lowest BCUT2D eigenvalue weighted by Gasteiger charge is -2.19. The van der Waals surface area contributed by atoms with Crippen LogP contribution in [-0.4, -0.2) is 24.6 Å². The van der Waals surface area contributed by atoms with Crippen LogP contribution >= 0.6 is 0 Å². The highest BCUT2D eigenvalue weighted by molar-refractivity contribution is 5.57. The number of fused-ring (bicyclic) bond motifs is 1. The van der Waals surface area contributed by atoms with Gasteiger partial charge in [0.15, 0.2) is 0 Å². The highest BCUT2D eigenvalue weighted by atomic mass is 15.1. The Morgan fingerprint density at radius 3 is 2.85 bits per heavy atom. The molecule has 0 aliphatic carbocycles. The molecule has 0 spiro atoms. The molecule has 2 heterocycles. The second kappa shape index (κ2) is 6.53. The molecule has 0 bridgehead atoms. The average Bonchev–Trinajstić information content (AvgIpc) is 2.91. The molecule has 1 aromatic heterocycles. The standard InChI is InChI=1S/C17H21N3/c1-2-5-17-16(4-1)8-13-20(17)12-3-9-19-14-15-6-10-18-11-7-15/h1-2,4-7,10-11,19H,3,8-9,12-14H2. The number of benzene rings is 1. The molecule has 0 saturated carbocycles. The zero-order valence-corrected chi connectivity index (χ0v) is 11.8. The lowest BCUT2D eigenvalue weighted by molar-refractivity contribution is 0.638. The molecule has 104 valence electrons. The van der Waals surface area contributed by atoms with E-state index in [0.29, 0.717) is 0 Å². The minimum atomic E-state index is 0.930. The summed E-state index contributed by atoms with van der Waals surface area (Å²) in [5.41, 5.74) is 4.23. The Labute approximate surface area is 120 Å². The molecule has 0 fully saturated rings. The molecule has 0 amide bonds. The fourth-order valence-electron chi connectivity index (χ4n) is 2.77. The summed E-state index contributed by atoms with van der Waals surface area (Å²) in [7, 11) is 0. The van der Waals surface area contributed by atoms with Gasteiger partial charge in [-0.25, -0.2) is 0 Å². The molecule has 1 N–H and O–H groups in total. The van der Waals surface area contributed by atoms with Gasteiger partial charge in [0.2, 0.25) is 0 Å². The summed E-state index contributed by atoms with van der Waals surface area (Å²) in [6.07, 6.45) is 6.07. The Balaban J connectivity index is 1.39. The summed E-state index contributed by atoms with van der Waals surface area (Å²) in [5.74, 6) is 0. The van der Waals surface area contributed by atoms with E-state index < -0.39 is 0 Å². The van der Waals surface area contributed by atoms with Gasteiger partial charge in [0.1, 0.15) is 0 Å². The molecule has 2 aromatic rings. The van der Waals surface area contributed by atoms with E-state index in [4.69, 9.17) is 0 Å². The van der Waals surface area contributed by atoms with Gasteiger partial charge in [-0.1, -0.05) is 18.2 Å². The van der Waals surface area contributed by atoms with E-state index in [-0.39, 0.29) is 0 Å². The van der Waals surface area contributed by atoms with Crippen molar-refractivity contribution in [3.05, 3.63) is 59.9 Å². The van der Waals surface area contributed by atoms with E-state index in [1.54, 1.807) is 0 Å². The van der Waals surface area contributed by atoms with Crippen LogP contribution in [0.5, 0.6) is 0 Å². The highest BCUT2D eigenvalue weighted by Crippen LogP contribution is 2.27. The van der Waals surface area contributed by atoms with E-state index in [2.05, 4.69) is 51.6 Å². The molecule has 0 unspecified atom stereocenters. The number of nitrogens with one attached hydrogen (secondary N) is 1. The van der Waals surface area contributed by atoms with Gasteiger partial charge in [-0.05, 0) is 48.7 Å². The summed E-state index contributed by atoms with van der Waals surface area (Å²) in [5, 5.41) is 3.50. The molecule has 3 rings (SSSR count). The summed E-state index contributed by atoms with van der Waals surface area (Å²) in [4.78, 5) is 6.53. The maximum atomic E-state index is 4.03. The Hall–Kier alpha value is -1.87. The van der Waals surface area contributed by atoms with Gasteiger partial charge < -0.3 is 10.2 Å². The van der Waals surface area contributed by atoms with E-state index >= 15 is 0 Å². The fourth-order valence-corrected chi connectivity index (χ4v) is 2.77. The number of pyridine rings is 1. The minimum absolute atomic E-state index is 0.930. The predicted molar refractivity (Wildman–Crippen MR) is 82.9 cm³/mol. The monoisotopic (exact) mass is 267 g/mol. The van der Waals surface area contributed by atoms with Crippen molar-refractivity contribution in [1.29, 1.82) is 0 Å². The van der Waals surface area contributed by atoms with Crippen LogP contribution in [0.3, 0.4) is 0 Å². The summed E-state index contributed by atoms with van der Waals surface area (Å²) < 4.78 is 0. The van der Waals surface area contributed by atoms with Crippen molar-refractivity contribution in [2.45, 2.75) is 19.4 Å². The maximum absolute atomic E-state index is 4.03. The van der Waals surface area contributed by atoms with Crippen LogP contribution in [0.25, 0.3) is 0 Å². The van der Waals surface area contributed by atoms with Gasteiger partial charge in [-0.15, -0.1) is 0 Å². The SMILES string of the molecule is c1ccc2c(c1)CCN2CCCNCc1ccncc1. The maximum Gasteiger partial charge on any atom is 0.0399 e. The molecule has 0 radical (unpaired) electrons. The number of aromatic nitrogens is 1. The van der Waals surface area contributed by atoms with E-state index in [0.717, 1.165) is 19.6 Å². The molecule has 1 aliphatic rings. The van der Waals surface area contributed by atoms with Gasteiger partial charge in [0.05, 0.1) is 0 Å². The van der Waals surface area contributed by atoms with Crippen LogP contribution in [0.4, 0.5) is 5.69 Å². The van der Waals surface area contributed by atoms with Crippen LogP contribution < -0.4 is 10.2 Å².